The highest BCUT2D eigenvalue weighted by atomic mass is 16.1. The first-order chi connectivity index (χ1) is 9.24. The second-order valence-electron chi connectivity index (χ2n) is 6.67. The van der Waals surface area contributed by atoms with Gasteiger partial charge in [0.1, 0.15) is 5.78 Å². The number of nitrogens with zero attached hydrogens (tertiary/aromatic N) is 2. The molecule has 3 heteroatoms. The average molecular weight is 258 g/mol. The molecule has 3 nitrogen and oxygen atoms in total. The van der Waals surface area contributed by atoms with E-state index in [1.165, 1.54) is 37.2 Å². The van der Waals surface area contributed by atoms with E-state index < -0.39 is 0 Å². The Bertz CT molecular complexity index is 479. The maximum atomic E-state index is 12.3. The Morgan fingerprint density at radius 3 is 3.05 bits per heavy atom. The predicted octanol–water partition coefficient (Wildman–Crippen LogP) is 2.22. The fourth-order valence-electron chi connectivity index (χ4n) is 4.62. The number of carbonyl (C=O) groups is 1. The summed E-state index contributed by atoms with van der Waals surface area (Å²) in [6.45, 7) is 4.66. The molecule has 1 saturated heterocycles. The van der Waals surface area contributed by atoms with E-state index in [0.717, 1.165) is 12.8 Å². The molecule has 19 heavy (non-hydrogen) atoms. The number of aliphatic imine (C=N–C) groups is 1. The number of hydrogen-bond acceptors (Lipinski definition) is 3. The van der Waals surface area contributed by atoms with Crippen LogP contribution >= 0.6 is 0 Å². The van der Waals surface area contributed by atoms with Gasteiger partial charge in [-0.3, -0.25) is 14.7 Å². The summed E-state index contributed by atoms with van der Waals surface area (Å²) >= 11 is 0. The maximum Gasteiger partial charge on any atom is 0.144 e. The van der Waals surface area contributed by atoms with Crippen molar-refractivity contribution in [2.24, 2.45) is 16.8 Å². The van der Waals surface area contributed by atoms with Crippen LogP contribution in [0, 0.1) is 11.8 Å². The molecule has 0 N–H and O–H groups in total. The van der Waals surface area contributed by atoms with E-state index in [1.54, 1.807) is 0 Å². The molecular formula is C16H22N2O. The zero-order chi connectivity index (χ0) is 13.0. The van der Waals surface area contributed by atoms with E-state index in [1.807, 2.05) is 0 Å². The summed E-state index contributed by atoms with van der Waals surface area (Å²) in [6, 6.07) is 0.840. The summed E-state index contributed by atoms with van der Waals surface area (Å²) in [5, 5.41) is 0. The maximum absolute atomic E-state index is 12.3. The van der Waals surface area contributed by atoms with Crippen LogP contribution in [0.4, 0.5) is 0 Å². The Morgan fingerprint density at radius 1 is 1.37 bits per heavy atom. The lowest BCUT2D eigenvalue weighted by molar-refractivity contribution is -0.124. The molecule has 0 aromatic heterocycles. The number of hydrogen-bond donors (Lipinski definition) is 0. The molecule has 0 amide bonds. The summed E-state index contributed by atoms with van der Waals surface area (Å²) in [4.78, 5) is 19.8. The Balaban J connectivity index is 1.72. The van der Waals surface area contributed by atoms with Crippen LogP contribution < -0.4 is 0 Å². The molecule has 0 aromatic carbocycles. The lowest BCUT2D eigenvalue weighted by Crippen LogP contribution is -2.48. The van der Waals surface area contributed by atoms with E-state index in [-0.39, 0.29) is 12.0 Å². The summed E-state index contributed by atoms with van der Waals surface area (Å²) in [5.74, 6) is 1.05. The van der Waals surface area contributed by atoms with Crippen molar-refractivity contribution in [1.29, 1.82) is 0 Å². The van der Waals surface area contributed by atoms with E-state index in [4.69, 9.17) is 4.99 Å². The molecule has 102 valence electrons. The van der Waals surface area contributed by atoms with Crippen LogP contribution in [0.1, 0.15) is 39.0 Å². The molecule has 1 aliphatic carbocycles. The molecule has 0 radical (unpaired) electrons. The first-order valence-corrected chi connectivity index (χ1v) is 7.79. The van der Waals surface area contributed by atoms with Gasteiger partial charge in [0.05, 0.1) is 17.7 Å². The van der Waals surface area contributed by atoms with Crippen molar-refractivity contribution in [3.63, 3.8) is 0 Å². The van der Waals surface area contributed by atoms with Gasteiger partial charge in [-0.25, -0.2) is 0 Å². The van der Waals surface area contributed by atoms with E-state index >= 15 is 0 Å². The molecule has 4 heterocycles. The van der Waals surface area contributed by atoms with Crippen LogP contribution in [0.25, 0.3) is 0 Å². The molecule has 5 aliphatic rings. The van der Waals surface area contributed by atoms with Gasteiger partial charge in [-0.15, -0.1) is 0 Å². The van der Waals surface area contributed by atoms with Crippen molar-refractivity contribution < 1.29 is 4.79 Å². The van der Waals surface area contributed by atoms with Crippen LogP contribution in [-0.4, -0.2) is 41.6 Å². The molecule has 4 aliphatic heterocycles. The number of Topliss-reactive ketones (excluding diaryl/α,β-unsaturated/α-hetero) is 1. The second-order valence-corrected chi connectivity index (χ2v) is 6.67. The number of ketones is 1. The minimum Gasteiger partial charge on any atom is -0.299 e. The normalized spacial score (nSPS) is 42.1. The summed E-state index contributed by atoms with van der Waals surface area (Å²) in [6.07, 6.45) is 7.87. The predicted molar refractivity (Wildman–Crippen MR) is 75.4 cm³/mol. The van der Waals surface area contributed by atoms with Gasteiger partial charge in [0.25, 0.3) is 0 Å². The third-order valence-corrected chi connectivity index (χ3v) is 5.41. The van der Waals surface area contributed by atoms with Gasteiger partial charge in [0.2, 0.25) is 0 Å². The van der Waals surface area contributed by atoms with Crippen molar-refractivity contribution in [1.82, 2.24) is 4.90 Å². The molecule has 4 atom stereocenters. The van der Waals surface area contributed by atoms with E-state index in [0.29, 0.717) is 24.2 Å². The van der Waals surface area contributed by atoms with Crippen LogP contribution in [-0.2, 0) is 4.79 Å². The summed E-state index contributed by atoms with van der Waals surface area (Å²) in [5.41, 5.74) is 2.59. The molecule has 5 rings (SSSR count). The first kappa shape index (κ1) is 11.8. The molecule has 0 unspecified atom stereocenters. The Hall–Kier alpha value is -0.960. The molecule has 0 spiro atoms. The van der Waals surface area contributed by atoms with Crippen molar-refractivity contribution in [3.8, 4) is 0 Å². The monoisotopic (exact) mass is 258 g/mol. The minimum atomic E-state index is 0.108. The van der Waals surface area contributed by atoms with Gasteiger partial charge >= 0.3 is 0 Å². The smallest absolute Gasteiger partial charge is 0.144 e. The third-order valence-electron chi connectivity index (χ3n) is 5.41. The van der Waals surface area contributed by atoms with Crippen LogP contribution in [0.15, 0.2) is 16.6 Å². The average Bonchev–Trinajstić information content (AvgIpc) is 2.85. The zero-order valence-electron chi connectivity index (χ0n) is 11.6. The Morgan fingerprint density at radius 2 is 2.26 bits per heavy atom. The first-order valence-electron chi connectivity index (χ1n) is 7.79. The number of fused-ring (bicyclic) bond motifs is 3. The van der Waals surface area contributed by atoms with Crippen molar-refractivity contribution in [2.45, 2.75) is 51.1 Å². The largest absolute Gasteiger partial charge is 0.299 e. The SMILES string of the molecule is C[C@@H]1C[C@@H]2CC(=O)[C@H]1C(C1=CCCN3CCC[C@@H]13)=N2. The third kappa shape index (κ3) is 1.74. The van der Waals surface area contributed by atoms with Crippen molar-refractivity contribution >= 4 is 11.5 Å². The van der Waals surface area contributed by atoms with Crippen molar-refractivity contribution in [3.05, 3.63) is 11.6 Å². The topological polar surface area (TPSA) is 32.7 Å². The van der Waals surface area contributed by atoms with E-state index in [2.05, 4.69) is 17.9 Å². The highest BCUT2D eigenvalue weighted by Crippen LogP contribution is 2.40. The van der Waals surface area contributed by atoms with Gasteiger partial charge in [0, 0.05) is 19.0 Å². The number of carbonyl (C=O) groups excluding carboxylic acids is 1. The quantitative estimate of drug-likeness (QED) is 0.722. The Labute approximate surface area is 114 Å². The minimum absolute atomic E-state index is 0.108. The zero-order valence-corrected chi connectivity index (χ0v) is 11.6. The van der Waals surface area contributed by atoms with Crippen LogP contribution in [0.5, 0.6) is 0 Å². The van der Waals surface area contributed by atoms with E-state index in [9.17, 15) is 4.79 Å². The summed E-state index contributed by atoms with van der Waals surface area (Å²) < 4.78 is 0. The lowest BCUT2D eigenvalue weighted by Gasteiger charge is -2.42. The van der Waals surface area contributed by atoms with Crippen molar-refractivity contribution in [2.75, 3.05) is 13.1 Å². The fourth-order valence-corrected chi connectivity index (χ4v) is 4.62. The van der Waals surface area contributed by atoms with Crippen LogP contribution in [0.3, 0.4) is 0 Å². The molecule has 2 bridgehead atoms. The molecule has 1 saturated carbocycles. The highest BCUT2D eigenvalue weighted by molar-refractivity contribution is 6.16. The van der Waals surface area contributed by atoms with Crippen LogP contribution in [0.2, 0.25) is 0 Å². The fraction of sp³-hybridized carbons (Fsp3) is 0.750. The van der Waals surface area contributed by atoms with Gasteiger partial charge in [-0.05, 0) is 43.7 Å². The lowest BCUT2D eigenvalue weighted by atomic mass is 9.69. The van der Waals surface area contributed by atoms with Gasteiger partial charge in [0.15, 0.2) is 0 Å². The number of rotatable bonds is 1. The molecule has 2 fully saturated rings. The standard InChI is InChI=1S/C16H22N2O/c1-10-8-11-9-14(19)15(10)16(17-11)12-4-2-6-18-7-3-5-13(12)18/h4,10-11,13,15H,2-3,5-9H2,1H3/t10-,11-,13+,15+/m1/s1. The molecular weight excluding hydrogens is 236 g/mol. The van der Waals surface area contributed by atoms with Gasteiger partial charge in [-0.1, -0.05) is 13.0 Å². The second kappa shape index (κ2) is 4.27. The Kier molecular flexibility index (Phi) is 2.66. The van der Waals surface area contributed by atoms with Gasteiger partial charge in [-0.2, -0.15) is 0 Å². The molecule has 0 aromatic rings. The summed E-state index contributed by atoms with van der Waals surface area (Å²) in [7, 11) is 0. The van der Waals surface area contributed by atoms with Gasteiger partial charge < -0.3 is 0 Å². The highest BCUT2D eigenvalue weighted by Gasteiger charge is 2.45.